The van der Waals surface area contributed by atoms with Gasteiger partial charge in [0.15, 0.2) is 17.3 Å². The molecule has 2 nitrogen and oxygen atoms in total. The van der Waals surface area contributed by atoms with Crippen molar-refractivity contribution in [1.29, 1.82) is 0 Å². The van der Waals surface area contributed by atoms with Gasteiger partial charge in [0.1, 0.15) is 0 Å². The van der Waals surface area contributed by atoms with E-state index in [4.69, 9.17) is 4.74 Å². The Morgan fingerprint density at radius 1 is 1.39 bits per heavy atom. The van der Waals surface area contributed by atoms with Crippen molar-refractivity contribution in [2.45, 2.75) is 34.1 Å². The number of Topliss-reactive ketones (excluding diaryl/α,β-unsaturated/α-hetero) is 1. The fourth-order valence-corrected chi connectivity index (χ4v) is 1.58. The van der Waals surface area contributed by atoms with Gasteiger partial charge in [-0.3, -0.25) is 4.79 Å². The first kappa shape index (κ1) is 14.7. The molecule has 0 aliphatic heterocycles. The van der Waals surface area contributed by atoms with Crippen LogP contribution in [0.3, 0.4) is 0 Å². The molecule has 1 unspecified atom stereocenters. The van der Waals surface area contributed by atoms with Gasteiger partial charge < -0.3 is 4.74 Å². The quantitative estimate of drug-likeness (QED) is 0.754. The summed E-state index contributed by atoms with van der Waals surface area (Å²) >= 11 is 0. The van der Waals surface area contributed by atoms with Gasteiger partial charge in [-0.15, -0.1) is 0 Å². The zero-order chi connectivity index (χ0) is 13.9. The molecule has 1 atom stereocenters. The summed E-state index contributed by atoms with van der Waals surface area (Å²) in [5.74, 6) is -0.431. The van der Waals surface area contributed by atoms with Crippen molar-refractivity contribution < 1.29 is 13.9 Å². The van der Waals surface area contributed by atoms with Crippen LogP contribution in [0.25, 0.3) is 0 Å². The average molecular weight is 252 g/mol. The summed E-state index contributed by atoms with van der Waals surface area (Å²) in [5, 5.41) is 0. The lowest BCUT2D eigenvalue weighted by Crippen LogP contribution is -2.21. The van der Waals surface area contributed by atoms with E-state index in [2.05, 4.69) is 20.8 Å². The molecule has 1 aromatic rings. The third kappa shape index (κ3) is 3.31. The monoisotopic (exact) mass is 252 g/mol. The molecule has 0 saturated carbocycles. The second kappa shape index (κ2) is 5.51. The summed E-state index contributed by atoms with van der Waals surface area (Å²) in [6, 6.07) is 4.66. The number of carbonyl (C=O) groups is 1. The molecular formula is C15H21FO2. The molecular weight excluding hydrogens is 231 g/mol. The molecule has 1 rings (SSSR count). The van der Waals surface area contributed by atoms with Crippen molar-refractivity contribution >= 4 is 5.78 Å². The van der Waals surface area contributed by atoms with E-state index in [0.29, 0.717) is 6.42 Å². The average Bonchev–Trinajstić information content (AvgIpc) is 2.27. The Morgan fingerprint density at radius 2 is 2.00 bits per heavy atom. The van der Waals surface area contributed by atoms with Crippen LogP contribution in [-0.2, 0) is 0 Å². The Bertz CT molecular complexity index is 433. The first-order valence-corrected chi connectivity index (χ1v) is 6.13. The zero-order valence-corrected chi connectivity index (χ0v) is 11.7. The number of carbonyl (C=O) groups excluding carboxylic acids is 1. The molecule has 0 aliphatic rings. The minimum Gasteiger partial charge on any atom is -0.494 e. The fraction of sp³-hybridized carbons (Fsp3) is 0.533. The molecule has 0 aromatic heterocycles. The molecule has 0 N–H and O–H groups in total. The highest BCUT2D eigenvalue weighted by molar-refractivity contribution is 5.96. The van der Waals surface area contributed by atoms with Gasteiger partial charge in [-0.1, -0.05) is 33.8 Å². The molecule has 0 heterocycles. The summed E-state index contributed by atoms with van der Waals surface area (Å²) in [5.41, 5.74) is 0.149. The standard InChI is InChI=1S/C15H21FO2/c1-10(15(2,3)4)9-12(17)11-7-6-8-13(18-5)14(11)16/h6-8,10H,9H2,1-5H3. The number of hydrogen-bond acceptors (Lipinski definition) is 2. The second-order valence-electron chi connectivity index (χ2n) is 5.72. The second-order valence-corrected chi connectivity index (χ2v) is 5.72. The van der Waals surface area contributed by atoms with Crippen LogP contribution in [0.5, 0.6) is 5.75 Å². The highest BCUT2D eigenvalue weighted by atomic mass is 19.1. The lowest BCUT2D eigenvalue weighted by atomic mass is 9.78. The Hall–Kier alpha value is -1.38. The predicted octanol–water partition coefficient (Wildman–Crippen LogP) is 4.09. The Labute approximate surface area is 108 Å². The third-order valence-electron chi connectivity index (χ3n) is 3.45. The lowest BCUT2D eigenvalue weighted by molar-refractivity contribution is 0.0922. The van der Waals surface area contributed by atoms with E-state index in [9.17, 15) is 9.18 Å². The van der Waals surface area contributed by atoms with Crippen LogP contribution in [0.1, 0.15) is 44.5 Å². The third-order valence-corrected chi connectivity index (χ3v) is 3.45. The van der Waals surface area contributed by atoms with E-state index in [-0.39, 0.29) is 28.4 Å². The van der Waals surface area contributed by atoms with Crippen molar-refractivity contribution in [2.24, 2.45) is 11.3 Å². The summed E-state index contributed by atoms with van der Waals surface area (Å²) in [4.78, 5) is 12.1. The van der Waals surface area contributed by atoms with E-state index in [1.165, 1.54) is 19.2 Å². The highest BCUT2D eigenvalue weighted by Gasteiger charge is 2.25. The first-order chi connectivity index (χ1) is 8.27. The maximum atomic E-state index is 13.9. The summed E-state index contributed by atoms with van der Waals surface area (Å²) < 4.78 is 18.8. The minimum atomic E-state index is -0.564. The molecule has 1 aromatic carbocycles. The summed E-state index contributed by atoms with van der Waals surface area (Å²) in [7, 11) is 1.39. The van der Waals surface area contributed by atoms with Crippen LogP contribution in [0, 0.1) is 17.2 Å². The summed E-state index contributed by atoms with van der Waals surface area (Å²) in [6.45, 7) is 8.24. The van der Waals surface area contributed by atoms with Crippen LogP contribution in [0.4, 0.5) is 4.39 Å². The molecule has 0 saturated heterocycles. The van der Waals surface area contributed by atoms with Gasteiger partial charge in [-0.2, -0.15) is 0 Å². The lowest BCUT2D eigenvalue weighted by Gasteiger charge is -2.26. The molecule has 18 heavy (non-hydrogen) atoms. The van der Waals surface area contributed by atoms with Gasteiger partial charge in [-0.25, -0.2) is 4.39 Å². The molecule has 0 amide bonds. The van der Waals surface area contributed by atoms with Crippen molar-refractivity contribution in [3.05, 3.63) is 29.6 Å². The van der Waals surface area contributed by atoms with Crippen molar-refractivity contribution in [3.63, 3.8) is 0 Å². The van der Waals surface area contributed by atoms with Crippen LogP contribution in [0.2, 0.25) is 0 Å². The largest absolute Gasteiger partial charge is 0.494 e. The Morgan fingerprint density at radius 3 is 2.50 bits per heavy atom. The smallest absolute Gasteiger partial charge is 0.175 e. The molecule has 3 heteroatoms. The van der Waals surface area contributed by atoms with Crippen LogP contribution in [-0.4, -0.2) is 12.9 Å². The van der Waals surface area contributed by atoms with Gasteiger partial charge in [0.25, 0.3) is 0 Å². The number of halogens is 1. The summed E-state index contributed by atoms with van der Waals surface area (Å²) in [6.07, 6.45) is 0.341. The van der Waals surface area contributed by atoms with Gasteiger partial charge in [0.2, 0.25) is 0 Å². The van der Waals surface area contributed by atoms with E-state index < -0.39 is 5.82 Å². The first-order valence-electron chi connectivity index (χ1n) is 6.13. The zero-order valence-electron chi connectivity index (χ0n) is 11.7. The van der Waals surface area contributed by atoms with Crippen LogP contribution in [0.15, 0.2) is 18.2 Å². The minimum absolute atomic E-state index is 0.0327. The number of hydrogen-bond donors (Lipinski definition) is 0. The number of methoxy groups -OCH3 is 1. The maximum absolute atomic E-state index is 13.9. The van der Waals surface area contributed by atoms with E-state index >= 15 is 0 Å². The Balaban J connectivity index is 2.92. The van der Waals surface area contributed by atoms with Crippen molar-refractivity contribution in [2.75, 3.05) is 7.11 Å². The van der Waals surface area contributed by atoms with Crippen LogP contribution >= 0.6 is 0 Å². The Kier molecular flexibility index (Phi) is 4.49. The number of benzene rings is 1. The number of rotatable bonds is 4. The van der Waals surface area contributed by atoms with E-state index in [0.717, 1.165) is 0 Å². The fourth-order valence-electron chi connectivity index (χ4n) is 1.58. The van der Waals surface area contributed by atoms with E-state index in [1.54, 1.807) is 6.07 Å². The topological polar surface area (TPSA) is 26.3 Å². The predicted molar refractivity (Wildman–Crippen MR) is 70.5 cm³/mol. The normalized spacial score (nSPS) is 13.2. The van der Waals surface area contributed by atoms with Crippen molar-refractivity contribution in [3.8, 4) is 5.75 Å². The molecule has 100 valence electrons. The maximum Gasteiger partial charge on any atom is 0.175 e. The van der Waals surface area contributed by atoms with Gasteiger partial charge in [-0.05, 0) is 23.5 Å². The van der Waals surface area contributed by atoms with Gasteiger partial charge in [0.05, 0.1) is 12.7 Å². The number of ketones is 1. The van der Waals surface area contributed by atoms with Gasteiger partial charge >= 0.3 is 0 Å². The van der Waals surface area contributed by atoms with Gasteiger partial charge in [0, 0.05) is 6.42 Å². The molecule has 0 spiro atoms. The van der Waals surface area contributed by atoms with Crippen molar-refractivity contribution in [1.82, 2.24) is 0 Å². The molecule has 0 radical (unpaired) electrons. The van der Waals surface area contributed by atoms with E-state index in [1.807, 2.05) is 6.92 Å². The molecule has 0 aliphatic carbocycles. The highest BCUT2D eigenvalue weighted by Crippen LogP contribution is 2.30. The number of ether oxygens (including phenoxy) is 1. The molecule has 0 bridgehead atoms. The SMILES string of the molecule is COc1cccc(C(=O)CC(C)C(C)(C)C)c1F. The van der Waals surface area contributed by atoms with Crippen LogP contribution < -0.4 is 4.74 Å². The molecule has 0 fully saturated rings.